The van der Waals surface area contributed by atoms with Crippen molar-refractivity contribution >= 4 is 17.5 Å². The Morgan fingerprint density at radius 3 is 2.74 bits per heavy atom. The molecule has 0 saturated carbocycles. The first kappa shape index (κ1) is 16.5. The summed E-state index contributed by atoms with van der Waals surface area (Å²) in [6.45, 7) is 4.05. The number of nitrogens with zero attached hydrogens (tertiary/aromatic N) is 4. The number of aryl methyl sites for hydroxylation is 1. The maximum Gasteiger partial charge on any atom is 0.276 e. The zero-order chi connectivity index (χ0) is 17.1. The van der Waals surface area contributed by atoms with Crippen molar-refractivity contribution in [3.8, 4) is 5.88 Å². The Bertz CT molecular complexity index is 731. The molecular weight excluding hydrogens is 300 g/mol. The van der Waals surface area contributed by atoms with Crippen LogP contribution in [0.15, 0.2) is 6.07 Å². The van der Waals surface area contributed by atoms with Crippen molar-refractivity contribution in [1.29, 1.82) is 0 Å². The summed E-state index contributed by atoms with van der Waals surface area (Å²) in [5.74, 6) is -0.374. The maximum absolute atomic E-state index is 12.3. The number of rotatable bonds is 5. The number of ether oxygens (including phenoxy) is 1. The number of hydrogen-bond acceptors (Lipinski definition) is 5. The summed E-state index contributed by atoms with van der Waals surface area (Å²) in [5, 5.41) is 13.4. The van der Waals surface area contributed by atoms with Crippen LogP contribution in [0.1, 0.15) is 33.6 Å². The van der Waals surface area contributed by atoms with Crippen LogP contribution in [0, 0.1) is 6.92 Å². The first-order valence-electron chi connectivity index (χ1n) is 7.10. The largest absolute Gasteiger partial charge is 0.477 e. The Hall–Kier alpha value is -2.84. The van der Waals surface area contributed by atoms with Gasteiger partial charge in [0.1, 0.15) is 5.69 Å². The maximum atomic E-state index is 12.3. The van der Waals surface area contributed by atoms with Crippen molar-refractivity contribution in [3.63, 3.8) is 0 Å². The number of hydrogen-bond donors (Lipinski definition) is 2. The number of anilines is 1. The standard InChI is InChI=1S/C14H20N6O3/c1-6-23-10-7-9(16-17-10)13(21)15-11-8(2)20(5)18-12(11)14(22)19(3)4/h7H,6H2,1-5H3,(H,15,21)(H,16,17). The molecule has 0 radical (unpaired) electrons. The van der Waals surface area contributed by atoms with Crippen molar-refractivity contribution in [2.45, 2.75) is 13.8 Å². The monoisotopic (exact) mass is 320 g/mol. The fraction of sp³-hybridized carbons (Fsp3) is 0.429. The van der Waals surface area contributed by atoms with E-state index >= 15 is 0 Å². The molecule has 2 aromatic heterocycles. The van der Waals surface area contributed by atoms with Crippen molar-refractivity contribution in [1.82, 2.24) is 24.9 Å². The van der Waals surface area contributed by atoms with Crippen LogP contribution in [-0.2, 0) is 7.05 Å². The topological polar surface area (TPSA) is 105 Å². The highest BCUT2D eigenvalue weighted by Crippen LogP contribution is 2.21. The predicted octanol–water partition coefficient (Wildman–Crippen LogP) is 0.804. The molecule has 9 heteroatoms. The molecule has 2 heterocycles. The molecule has 0 aliphatic heterocycles. The molecule has 0 atom stereocenters. The van der Waals surface area contributed by atoms with Crippen molar-refractivity contribution < 1.29 is 14.3 Å². The molecule has 0 aliphatic carbocycles. The Morgan fingerprint density at radius 1 is 1.43 bits per heavy atom. The lowest BCUT2D eigenvalue weighted by atomic mass is 10.2. The summed E-state index contributed by atoms with van der Waals surface area (Å²) < 4.78 is 6.76. The van der Waals surface area contributed by atoms with Crippen LogP contribution < -0.4 is 10.1 Å². The number of carbonyl (C=O) groups excluding carboxylic acids is 2. The fourth-order valence-corrected chi connectivity index (χ4v) is 1.94. The lowest BCUT2D eigenvalue weighted by molar-refractivity contribution is 0.0822. The van der Waals surface area contributed by atoms with Crippen LogP contribution in [0.25, 0.3) is 0 Å². The lowest BCUT2D eigenvalue weighted by Gasteiger charge is -2.10. The van der Waals surface area contributed by atoms with E-state index < -0.39 is 5.91 Å². The Kier molecular flexibility index (Phi) is 4.68. The van der Waals surface area contributed by atoms with E-state index in [0.29, 0.717) is 23.9 Å². The van der Waals surface area contributed by atoms with Crippen LogP contribution in [0.2, 0.25) is 0 Å². The summed E-state index contributed by atoms with van der Waals surface area (Å²) in [6.07, 6.45) is 0. The molecule has 0 spiro atoms. The summed E-state index contributed by atoms with van der Waals surface area (Å²) in [5.41, 5.74) is 1.48. The van der Waals surface area contributed by atoms with Crippen LogP contribution >= 0.6 is 0 Å². The molecule has 9 nitrogen and oxygen atoms in total. The second kappa shape index (κ2) is 6.51. The SMILES string of the molecule is CCOc1cc(C(=O)Nc2c(C(=O)N(C)C)nn(C)c2C)[nH]n1. The van der Waals surface area contributed by atoms with E-state index in [0.717, 1.165) is 0 Å². The van der Waals surface area contributed by atoms with Gasteiger partial charge in [0.25, 0.3) is 11.8 Å². The highest BCUT2D eigenvalue weighted by Gasteiger charge is 2.23. The number of nitrogens with one attached hydrogen (secondary N) is 2. The molecule has 2 amide bonds. The lowest BCUT2D eigenvalue weighted by Crippen LogP contribution is -2.24. The minimum Gasteiger partial charge on any atom is -0.477 e. The zero-order valence-electron chi connectivity index (χ0n) is 13.8. The molecule has 23 heavy (non-hydrogen) atoms. The Morgan fingerprint density at radius 2 is 2.13 bits per heavy atom. The molecule has 2 rings (SSSR count). The van der Waals surface area contributed by atoms with Gasteiger partial charge in [0, 0.05) is 27.2 Å². The molecular formula is C14H20N6O3. The number of aromatic amines is 1. The minimum atomic E-state index is -0.424. The van der Waals surface area contributed by atoms with Crippen LogP contribution in [0.4, 0.5) is 5.69 Å². The van der Waals surface area contributed by atoms with E-state index in [1.165, 1.54) is 11.0 Å². The van der Waals surface area contributed by atoms with Gasteiger partial charge in [0.2, 0.25) is 5.88 Å². The molecule has 0 unspecified atom stereocenters. The van der Waals surface area contributed by atoms with Gasteiger partial charge in [-0.25, -0.2) is 0 Å². The van der Waals surface area contributed by atoms with E-state index in [1.54, 1.807) is 32.7 Å². The number of H-pyrrole nitrogens is 1. The van der Waals surface area contributed by atoms with Gasteiger partial charge >= 0.3 is 0 Å². The van der Waals surface area contributed by atoms with E-state index in [2.05, 4.69) is 20.6 Å². The third kappa shape index (κ3) is 3.33. The van der Waals surface area contributed by atoms with Crippen molar-refractivity contribution in [3.05, 3.63) is 23.1 Å². The van der Waals surface area contributed by atoms with Gasteiger partial charge in [-0.1, -0.05) is 0 Å². The molecule has 0 aliphatic rings. The highest BCUT2D eigenvalue weighted by molar-refractivity contribution is 6.08. The average molecular weight is 320 g/mol. The summed E-state index contributed by atoms with van der Waals surface area (Å²) in [4.78, 5) is 25.9. The third-order valence-electron chi connectivity index (χ3n) is 3.27. The van der Waals surface area contributed by atoms with Crippen LogP contribution in [-0.4, -0.2) is 57.4 Å². The number of carbonyl (C=O) groups is 2. The van der Waals surface area contributed by atoms with E-state index in [-0.39, 0.29) is 17.3 Å². The third-order valence-corrected chi connectivity index (χ3v) is 3.27. The summed E-state index contributed by atoms with van der Waals surface area (Å²) >= 11 is 0. The zero-order valence-corrected chi connectivity index (χ0v) is 13.8. The van der Waals surface area contributed by atoms with Gasteiger partial charge in [0.05, 0.1) is 18.0 Å². The summed E-state index contributed by atoms with van der Waals surface area (Å²) in [7, 11) is 4.96. The first-order valence-corrected chi connectivity index (χ1v) is 7.10. The number of amides is 2. The van der Waals surface area contributed by atoms with Crippen molar-refractivity contribution in [2.75, 3.05) is 26.0 Å². The smallest absolute Gasteiger partial charge is 0.276 e. The van der Waals surface area contributed by atoms with E-state index in [9.17, 15) is 9.59 Å². The summed E-state index contributed by atoms with van der Waals surface area (Å²) in [6, 6.07) is 1.50. The van der Waals surface area contributed by atoms with Crippen LogP contribution in [0.3, 0.4) is 0 Å². The Labute approximate surface area is 133 Å². The van der Waals surface area contributed by atoms with E-state index in [4.69, 9.17) is 4.74 Å². The first-order chi connectivity index (χ1) is 10.8. The molecule has 0 bridgehead atoms. The molecule has 124 valence electrons. The fourth-order valence-electron chi connectivity index (χ4n) is 1.94. The average Bonchev–Trinajstić information content (AvgIpc) is 3.07. The molecule has 2 aromatic rings. The second-order valence-electron chi connectivity index (χ2n) is 5.14. The van der Waals surface area contributed by atoms with E-state index in [1.807, 2.05) is 6.92 Å². The minimum absolute atomic E-state index is 0.188. The molecule has 0 fully saturated rings. The van der Waals surface area contributed by atoms with Crippen molar-refractivity contribution in [2.24, 2.45) is 7.05 Å². The predicted molar refractivity (Wildman–Crippen MR) is 83.7 cm³/mol. The Balaban J connectivity index is 2.28. The molecule has 0 saturated heterocycles. The van der Waals surface area contributed by atoms with Gasteiger partial charge in [-0.3, -0.25) is 19.4 Å². The number of aromatic nitrogens is 4. The highest BCUT2D eigenvalue weighted by atomic mass is 16.5. The second-order valence-corrected chi connectivity index (χ2v) is 5.14. The van der Waals surface area contributed by atoms with Gasteiger partial charge in [0.15, 0.2) is 5.69 Å². The quantitative estimate of drug-likeness (QED) is 0.848. The van der Waals surface area contributed by atoms with Gasteiger partial charge < -0.3 is 15.0 Å². The van der Waals surface area contributed by atoms with Gasteiger partial charge in [-0.15, -0.1) is 5.10 Å². The van der Waals surface area contributed by atoms with Gasteiger partial charge in [-0.2, -0.15) is 5.10 Å². The van der Waals surface area contributed by atoms with Gasteiger partial charge in [-0.05, 0) is 13.8 Å². The van der Waals surface area contributed by atoms with Crippen LogP contribution in [0.5, 0.6) is 5.88 Å². The molecule has 0 aromatic carbocycles. The normalized spacial score (nSPS) is 10.5. The molecule has 2 N–H and O–H groups in total.